The van der Waals surface area contributed by atoms with E-state index in [-0.39, 0.29) is 0 Å². The van der Waals surface area contributed by atoms with Gasteiger partial charge in [-0.15, -0.1) is 0 Å². The number of diazo groups is 1. The van der Waals surface area contributed by atoms with Gasteiger partial charge in [0.05, 0.1) is 0 Å². The van der Waals surface area contributed by atoms with Gasteiger partial charge in [0.1, 0.15) is 5.02 Å². The molecule has 1 aromatic rings. The van der Waals surface area contributed by atoms with E-state index in [0.29, 0.717) is 10.7 Å². The lowest BCUT2D eigenvalue weighted by atomic mass is 10.2. The molecular formula is C7H6ClN2+. The van der Waals surface area contributed by atoms with E-state index in [2.05, 4.69) is 4.98 Å². The fraction of sp³-hybridized carbons (Fsp3) is 0.143. The molecule has 0 saturated heterocycles. The second-order valence-corrected chi connectivity index (χ2v) is 2.46. The predicted molar refractivity (Wildman–Crippen MR) is 40.9 cm³/mol. The summed E-state index contributed by atoms with van der Waals surface area (Å²) in [5.41, 5.74) is 1.46. The highest BCUT2D eigenvalue weighted by Gasteiger charge is 2.09. The van der Waals surface area contributed by atoms with Crippen LogP contribution in [0.3, 0.4) is 0 Å². The topological polar surface area (TPSA) is 28.1 Å². The third-order valence-corrected chi connectivity index (χ3v) is 1.51. The first kappa shape index (κ1) is 7.04. The van der Waals surface area contributed by atoms with Crippen LogP contribution < -0.4 is 0 Å². The SMILES string of the molecule is Cc1ccc([N+]#N)c(Cl)c1. The van der Waals surface area contributed by atoms with Gasteiger partial charge in [-0.25, -0.2) is 0 Å². The van der Waals surface area contributed by atoms with Crippen molar-refractivity contribution in [1.29, 1.82) is 5.39 Å². The van der Waals surface area contributed by atoms with Crippen LogP contribution in [0.5, 0.6) is 0 Å². The normalized spacial score (nSPS) is 8.90. The fourth-order valence-electron chi connectivity index (χ4n) is 0.693. The second-order valence-electron chi connectivity index (χ2n) is 2.05. The maximum absolute atomic E-state index is 8.35. The number of hydrogen-bond acceptors (Lipinski definition) is 1. The summed E-state index contributed by atoms with van der Waals surface area (Å²) in [6.07, 6.45) is 0. The van der Waals surface area contributed by atoms with Crippen LogP contribution in [0.1, 0.15) is 5.56 Å². The van der Waals surface area contributed by atoms with E-state index in [1.807, 2.05) is 13.0 Å². The molecule has 0 fully saturated rings. The van der Waals surface area contributed by atoms with Crippen molar-refractivity contribution in [2.45, 2.75) is 6.92 Å². The maximum Gasteiger partial charge on any atom is 0.403 e. The van der Waals surface area contributed by atoms with Gasteiger partial charge in [0.15, 0.2) is 4.98 Å². The Morgan fingerprint density at radius 2 is 2.20 bits per heavy atom. The molecule has 3 heteroatoms. The highest BCUT2D eigenvalue weighted by atomic mass is 35.5. The summed E-state index contributed by atoms with van der Waals surface area (Å²) < 4.78 is 0. The number of benzene rings is 1. The van der Waals surface area contributed by atoms with Crippen LogP contribution in [0.15, 0.2) is 18.2 Å². The zero-order chi connectivity index (χ0) is 7.56. The molecular weight excluding hydrogens is 148 g/mol. The molecule has 0 aliphatic rings. The van der Waals surface area contributed by atoms with Crippen LogP contribution in [0.25, 0.3) is 4.98 Å². The Morgan fingerprint density at radius 3 is 2.70 bits per heavy atom. The molecule has 0 aromatic heterocycles. The van der Waals surface area contributed by atoms with Crippen molar-refractivity contribution in [3.05, 3.63) is 33.8 Å². The molecule has 0 bridgehead atoms. The number of hydrogen-bond donors (Lipinski definition) is 0. The van der Waals surface area contributed by atoms with Crippen LogP contribution in [0.4, 0.5) is 5.69 Å². The molecule has 1 aromatic carbocycles. The Kier molecular flexibility index (Phi) is 1.88. The third kappa shape index (κ3) is 1.26. The Morgan fingerprint density at radius 1 is 1.50 bits per heavy atom. The highest BCUT2D eigenvalue weighted by molar-refractivity contribution is 6.33. The van der Waals surface area contributed by atoms with Gasteiger partial charge in [0.25, 0.3) is 0 Å². The third-order valence-electron chi connectivity index (χ3n) is 1.21. The molecule has 0 spiro atoms. The summed E-state index contributed by atoms with van der Waals surface area (Å²) in [6.45, 7) is 1.92. The Balaban J connectivity index is 3.23. The molecule has 2 nitrogen and oxygen atoms in total. The van der Waals surface area contributed by atoms with Crippen LogP contribution in [-0.2, 0) is 0 Å². The highest BCUT2D eigenvalue weighted by Crippen LogP contribution is 2.24. The Bertz CT molecular complexity index is 288. The van der Waals surface area contributed by atoms with Crippen molar-refractivity contribution < 1.29 is 0 Å². The van der Waals surface area contributed by atoms with E-state index in [9.17, 15) is 0 Å². The minimum absolute atomic E-state index is 0.410. The summed E-state index contributed by atoms with van der Waals surface area (Å²) in [6, 6.07) is 5.25. The van der Waals surface area contributed by atoms with Gasteiger partial charge in [0.2, 0.25) is 5.39 Å². The van der Waals surface area contributed by atoms with Crippen molar-refractivity contribution in [2.24, 2.45) is 0 Å². The molecule has 50 valence electrons. The average Bonchev–Trinajstić information content (AvgIpc) is 1.88. The quantitative estimate of drug-likeness (QED) is 0.527. The van der Waals surface area contributed by atoms with Crippen LogP contribution in [-0.4, -0.2) is 0 Å². The summed E-state index contributed by atoms with van der Waals surface area (Å²) >= 11 is 5.68. The Hall–Kier alpha value is -1.07. The zero-order valence-electron chi connectivity index (χ0n) is 5.50. The lowest BCUT2D eigenvalue weighted by Gasteiger charge is -1.86. The second kappa shape index (κ2) is 2.68. The number of nitrogens with zero attached hydrogens (tertiary/aromatic N) is 2. The van der Waals surface area contributed by atoms with Gasteiger partial charge in [-0.1, -0.05) is 17.7 Å². The average molecular weight is 154 g/mol. The van der Waals surface area contributed by atoms with Gasteiger partial charge in [0, 0.05) is 6.07 Å². The van der Waals surface area contributed by atoms with Crippen molar-refractivity contribution in [2.75, 3.05) is 0 Å². The zero-order valence-corrected chi connectivity index (χ0v) is 6.26. The maximum atomic E-state index is 8.35. The minimum Gasteiger partial charge on any atom is -0.0755 e. The van der Waals surface area contributed by atoms with Gasteiger partial charge in [-0.05, 0) is 18.6 Å². The molecule has 0 amide bonds. The van der Waals surface area contributed by atoms with E-state index in [1.54, 1.807) is 12.1 Å². The van der Waals surface area contributed by atoms with Crippen LogP contribution >= 0.6 is 11.6 Å². The standard InChI is InChI=1S/C7H6ClN2/c1-5-2-3-7(10-9)6(8)4-5/h2-4H,1H3/q+1. The van der Waals surface area contributed by atoms with Crippen LogP contribution in [0, 0.1) is 12.3 Å². The minimum atomic E-state index is 0.410. The lowest BCUT2D eigenvalue weighted by Crippen LogP contribution is -1.69. The predicted octanol–water partition coefficient (Wildman–Crippen LogP) is 3.13. The van der Waals surface area contributed by atoms with Gasteiger partial charge >= 0.3 is 5.69 Å². The lowest BCUT2D eigenvalue weighted by molar-refractivity contribution is 1.43. The van der Waals surface area contributed by atoms with Crippen LogP contribution in [0.2, 0.25) is 5.02 Å². The smallest absolute Gasteiger partial charge is 0.0755 e. The van der Waals surface area contributed by atoms with E-state index >= 15 is 0 Å². The molecule has 0 aliphatic carbocycles. The summed E-state index contributed by atoms with van der Waals surface area (Å²) in [5.74, 6) is 0. The fourth-order valence-corrected chi connectivity index (χ4v) is 0.966. The molecule has 0 aliphatic heterocycles. The van der Waals surface area contributed by atoms with Gasteiger partial charge in [-0.2, -0.15) is 0 Å². The molecule has 0 atom stereocenters. The molecule has 10 heavy (non-hydrogen) atoms. The first-order chi connectivity index (χ1) is 4.74. The van der Waals surface area contributed by atoms with Crippen molar-refractivity contribution in [1.82, 2.24) is 0 Å². The number of aryl methyl sites for hydroxylation is 1. The van der Waals surface area contributed by atoms with Crippen molar-refractivity contribution >= 4 is 17.3 Å². The number of halogens is 1. The monoisotopic (exact) mass is 153 g/mol. The van der Waals surface area contributed by atoms with E-state index < -0.39 is 0 Å². The molecule has 0 saturated carbocycles. The molecule has 1 rings (SSSR count). The molecule has 0 heterocycles. The largest absolute Gasteiger partial charge is 0.403 e. The van der Waals surface area contributed by atoms with Gasteiger partial charge < -0.3 is 0 Å². The summed E-state index contributed by atoms with van der Waals surface area (Å²) in [7, 11) is 0. The van der Waals surface area contributed by atoms with E-state index in [4.69, 9.17) is 17.0 Å². The van der Waals surface area contributed by atoms with Gasteiger partial charge in [-0.3, -0.25) is 0 Å². The van der Waals surface area contributed by atoms with Crippen molar-refractivity contribution in [3.63, 3.8) is 0 Å². The summed E-state index contributed by atoms with van der Waals surface area (Å²) in [5, 5.41) is 8.82. The van der Waals surface area contributed by atoms with E-state index in [1.165, 1.54) is 0 Å². The summed E-state index contributed by atoms with van der Waals surface area (Å²) in [4.78, 5) is 2.98. The molecule has 0 unspecified atom stereocenters. The number of rotatable bonds is 0. The van der Waals surface area contributed by atoms with Crippen molar-refractivity contribution in [3.8, 4) is 0 Å². The molecule has 0 radical (unpaired) electrons. The first-order valence-corrected chi connectivity index (χ1v) is 3.23. The van der Waals surface area contributed by atoms with E-state index in [0.717, 1.165) is 5.56 Å². The molecule has 0 N–H and O–H groups in total. The Labute approximate surface area is 64.1 Å². The first-order valence-electron chi connectivity index (χ1n) is 2.85.